The molecule has 5 heteroatoms. The average molecular weight is 282 g/mol. The molecule has 0 saturated heterocycles. The Bertz CT molecular complexity index is 568. The molecule has 0 fully saturated rings. The first-order valence-electron chi connectivity index (χ1n) is 5.38. The molecule has 2 aromatic rings. The summed E-state index contributed by atoms with van der Waals surface area (Å²) in [7, 11) is 0. The summed E-state index contributed by atoms with van der Waals surface area (Å²) in [6, 6.07) is 10.1. The van der Waals surface area contributed by atoms with E-state index in [1.165, 1.54) is 11.3 Å². The molecule has 0 radical (unpaired) electrons. The van der Waals surface area contributed by atoms with Gasteiger partial charge in [-0.05, 0) is 31.2 Å². The Morgan fingerprint density at radius 3 is 2.61 bits per heavy atom. The third kappa shape index (κ3) is 2.83. The molecule has 1 aromatic heterocycles. The highest BCUT2D eigenvalue weighted by atomic mass is 35.5. The van der Waals surface area contributed by atoms with E-state index < -0.39 is 12.0 Å². The topological polar surface area (TPSA) is 49.3 Å². The van der Waals surface area contributed by atoms with Crippen LogP contribution in [0.5, 0.6) is 0 Å². The Hall–Kier alpha value is -1.52. The maximum atomic E-state index is 11.3. The Morgan fingerprint density at radius 1 is 1.33 bits per heavy atom. The van der Waals surface area contributed by atoms with Gasteiger partial charge in [-0.3, -0.25) is 0 Å². The van der Waals surface area contributed by atoms with E-state index in [0.29, 0.717) is 10.7 Å². The second-order valence-electron chi connectivity index (χ2n) is 3.84. The van der Waals surface area contributed by atoms with E-state index >= 15 is 0 Å². The first kappa shape index (κ1) is 12.9. The van der Waals surface area contributed by atoms with Crippen LogP contribution < -0.4 is 5.32 Å². The van der Waals surface area contributed by atoms with Gasteiger partial charge in [0, 0.05) is 9.75 Å². The zero-order chi connectivity index (χ0) is 13.1. The predicted molar refractivity (Wildman–Crippen MR) is 74.5 cm³/mol. The van der Waals surface area contributed by atoms with Crippen LogP contribution in [0.25, 0.3) is 0 Å². The molecule has 0 aliphatic heterocycles. The number of halogens is 1. The fraction of sp³-hybridized carbons (Fsp3) is 0.154. The summed E-state index contributed by atoms with van der Waals surface area (Å²) >= 11 is 7.48. The molecule has 1 atom stereocenters. The highest BCUT2D eigenvalue weighted by Gasteiger charge is 2.21. The van der Waals surface area contributed by atoms with Crippen LogP contribution in [0.1, 0.15) is 15.8 Å². The van der Waals surface area contributed by atoms with Gasteiger partial charge in [0.05, 0.1) is 10.7 Å². The lowest BCUT2D eigenvalue weighted by atomic mass is 10.2. The van der Waals surface area contributed by atoms with Crippen LogP contribution in [-0.2, 0) is 4.79 Å². The predicted octanol–water partition coefficient (Wildman–Crippen LogP) is 3.95. The molecule has 0 spiro atoms. The number of aliphatic carboxylic acids is 1. The summed E-state index contributed by atoms with van der Waals surface area (Å²) in [6.45, 7) is 1.95. The van der Waals surface area contributed by atoms with Gasteiger partial charge >= 0.3 is 5.97 Å². The highest BCUT2D eigenvalue weighted by Crippen LogP contribution is 2.29. The molecule has 0 saturated carbocycles. The van der Waals surface area contributed by atoms with Gasteiger partial charge in [-0.1, -0.05) is 23.7 Å². The van der Waals surface area contributed by atoms with Crippen molar-refractivity contribution in [3.8, 4) is 0 Å². The van der Waals surface area contributed by atoms with Crippen LogP contribution >= 0.6 is 22.9 Å². The number of anilines is 1. The van der Waals surface area contributed by atoms with E-state index in [1.54, 1.807) is 18.2 Å². The molecular weight excluding hydrogens is 270 g/mol. The lowest BCUT2D eigenvalue weighted by molar-refractivity contribution is -0.138. The van der Waals surface area contributed by atoms with Crippen LogP contribution in [0.4, 0.5) is 5.69 Å². The standard InChI is InChI=1S/C13H12ClNO2S/c1-8-6-7-11(18-8)12(13(16)17)15-10-5-3-2-4-9(10)14/h2-7,12,15H,1H3,(H,16,17). The number of carboxylic acid groups (broad SMARTS) is 1. The molecule has 18 heavy (non-hydrogen) atoms. The van der Waals surface area contributed by atoms with Crippen molar-refractivity contribution in [3.63, 3.8) is 0 Å². The maximum Gasteiger partial charge on any atom is 0.331 e. The van der Waals surface area contributed by atoms with Crippen molar-refractivity contribution in [3.05, 3.63) is 51.2 Å². The summed E-state index contributed by atoms with van der Waals surface area (Å²) in [6.07, 6.45) is 0. The molecule has 1 heterocycles. The van der Waals surface area contributed by atoms with Crippen molar-refractivity contribution in [2.75, 3.05) is 5.32 Å². The van der Waals surface area contributed by atoms with E-state index in [4.69, 9.17) is 11.6 Å². The number of thiophene rings is 1. The minimum atomic E-state index is -0.920. The minimum absolute atomic E-state index is 0.511. The summed E-state index contributed by atoms with van der Waals surface area (Å²) < 4.78 is 0. The Kier molecular flexibility index (Phi) is 3.89. The van der Waals surface area contributed by atoms with Gasteiger partial charge in [0.15, 0.2) is 6.04 Å². The Morgan fingerprint density at radius 2 is 2.06 bits per heavy atom. The molecule has 1 unspecified atom stereocenters. The molecule has 94 valence electrons. The first-order valence-corrected chi connectivity index (χ1v) is 6.57. The van der Waals surface area contributed by atoms with E-state index in [9.17, 15) is 9.90 Å². The molecule has 2 rings (SSSR count). The monoisotopic (exact) mass is 281 g/mol. The SMILES string of the molecule is Cc1ccc(C(Nc2ccccc2Cl)C(=O)O)s1. The third-order valence-corrected chi connectivity index (χ3v) is 3.86. The van der Waals surface area contributed by atoms with E-state index in [0.717, 1.165) is 9.75 Å². The Balaban J connectivity index is 2.28. The van der Waals surface area contributed by atoms with E-state index in [1.807, 2.05) is 25.1 Å². The van der Waals surface area contributed by atoms with Crippen molar-refractivity contribution in [1.82, 2.24) is 0 Å². The minimum Gasteiger partial charge on any atom is -0.479 e. The number of para-hydroxylation sites is 1. The van der Waals surface area contributed by atoms with Crippen molar-refractivity contribution in [2.45, 2.75) is 13.0 Å². The fourth-order valence-electron chi connectivity index (χ4n) is 1.60. The molecular formula is C13H12ClNO2S. The summed E-state index contributed by atoms with van der Waals surface area (Å²) in [4.78, 5) is 13.2. The van der Waals surface area contributed by atoms with Crippen molar-refractivity contribution in [2.24, 2.45) is 0 Å². The zero-order valence-electron chi connectivity index (χ0n) is 9.68. The highest BCUT2D eigenvalue weighted by molar-refractivity contribution is 7.12. The normalized spacial score (nSPS) is 12.1. The van der Waals surface area contributed by atoms with E-state index in [-0.39, 0.29) is 0 Å². The number of nitrogens with one attached hydrogen (secondary N) is 1. The lowest BCUT2D eigenvalue weighted by Gasteiger charge is -2.15. The number of benzene rings is 1. The first-order chi connectivity index (χ1) is 8.58. The second kappa shape index (κ2) is 5.42. The number of carbonyl (C=O) groups is 1. The maximum absolute atomic E-state index is 11.3. The van der Waals surface area contributed by atoms with Crippen LogP contribution in [-0.4, -0.2) is 11.1 Å². The Labute approximate surface area is 114 Å². The van der Waals surface area contributed by atoms with Gasteiger partial charge in [0.1, 0.15) is 0 Å². The molecule has 0 aliphatic rings. The number of hydrogen-bond acceptors (Lipinski definition) is 3. The van der Waals surface area contributed by atoms with Crippen molar-refractivity contribution >= 4 is 34.6 Å². The molecule has 3 nitrogen and oxygen atoms in total. The van der Waals surface area contributed by atoms with Gasteiger partial charge in [-0.25, -0.2) is 4.79 Å². The largest absolute Gasteiger partial charge is 0.479 e. The fourth-order valence-corrected chi connectivity index (χ4v) is 2.71. The van der Waals surface area contributed by atoms with Crippen LogP contribution in [0.2, 0.25) is 5.02 Å². The van der Waals surface area contributed by atoms with Crippen LogP contribution in [0.15, 0.2) is 36.4 Å². The molecule has 1 aromatic carbocycles. The smallest absolute Gasteiger partial charge is 0.331 e. The summed E-state index contributed by atoms with van der Waals surface area (Å²) in [5, 5.41) is 12.8. The van der Waals surface area contributed by atoms with Crippen LogP contribution in [0.3, 0.4) is 0 Å². The second-order valence-corrected chi connectivity index (χ2v) is 5.57. The lowest BCUT2D eigenvalue weighted by Crippen LogP contribution is -2.19. The summed E-state index contributed by atoms with van der Waals surface area (Å²) in [5.74, 6) is -0.920. The van der Waals surface area contributed by atoms with Crippen LogP contribution in [0, 0.1) is 6.92 Å². The molecule has 2 N–H and O–H groups in total. The number of rotatable bonds is 4. The molecule has 0 aliphatic carbocycles. The van der Waals surface area contributed by atoms with Crippen molar-refractivity contribution < 1.29 is 9.90 Å². The van der Waals surface area contributed by atoms with Gasteiger partial charge in [-0.2, -0.15) is 0 Å². The van der Waals surface area contributed by atoms with Gasteiger partial charge in [0.25, 0.3) is 0 Å². The average Bonchev–Trinajstić information content (AvgIpc) is 2.74. The molecule has 0 amide bonds. The van der Waals surface area contributed by atoms with Gasteiger partial charge < -0.3 is 10.4 Å². The van der Waals surface area contributed by atoms with E-state index in [2.05, 4.69) is 5.32 Å². The van der Waals surface area contributed by atoms with Crippen molar-refractivity contribution in [1.29, 1.82) is 0 Å². The van der Waals surface area contributed by atoms with Gasteiger partial charge in [0.2, 0.25) is 0 Å². The quantitative estimate of drug-likeness (QED) is 0.892. The molecule has 0 bridgehead atoms. The van der Waals surface area contributed by atoms with Gasteiger partial charge in [-0.15, -0.1) is 11.3 Å². The number of hydrogen-bond donors (Lipinski definition) is 2. The number of carboxylic acids is 1. The third-order valence-electron chi connectivity index (χ3n) is 2.47. The summed E-state index contributed by atoms with van der Waals surface area (Å²) in [5.41, 5.74) is 0.623. The zero-order valence-corrected chi connectivity index (χ0v) is 11.3. The number of aryl methyl sites for hydroxylation is 1.